The molecule has 0 fully saturated rings. The molecule has 1 unspecified atom stereocenters. The molecule has 49 heavy (non-hydrogen) atoms. The van der Waals surface area contributed by atoms with Gasteiger partial charge >= 0.3 is 62.4 Å². The summed E-state index contributed by atoms with van der Waals surface area (Å²) in [6.45, 7) is 14.8. The molecule has 0 aliphatic heterocycles. The zero-order valence-corrected chi connectivity index (χ0v) is 31.5. The average Bonchev–Trinajstić information content (AvgIpc) is 2.81. The third-order valence-corrected chi connectivity index (χ3v) is 16.8. The van der Waals surface area contributed by atoms with E-state index in [1.165, 1.54) is 0 Å². The largest absolute Gasteiger partial charge is 0.509 e. The van der Waals surface area contributed by atoms with E-state index in [0.717, 1.165) is 0 Å². The highest BCUT2D eigenvalue weighted by atomic mass is 28.5. The minimum absolute atomic E-state index is 0.116. The Morgan fingerprint density at radius 3 is 1.18 bits per heavy atom. The van der Waals surface area contributed by atoms with Gasteiger partial charge in [-0.25, -0.2) is 14.0 Å². The van der Waals surface area contributed by atoms with Gasteiger partial charge in [-0.05, 0) is 65.8 Å². The first kappa shape index (κ1) is 47.4. The van der Waals surface area contributed by atoms with Crippen molar-refractivity contribution in [3.63, 3.8) is 0 Å². The van der Waals surface area contributed by atoms with Crippen LogP contribution in [0.2, 0.25) is 58.9 Å². The molecule has 0 saturated carbocycles. The fourth-order valence-corrected chi connectivity index (χ4v) is 17.2. The van der Waals surface area contributed by atoms with Gasteiger partial charge in [0.25, 0.3) is 0 Å². The molecule has 0 amide bonds. The standard InChI is InChI=1S/C23H35F15O7Si4/c1-14(24)17(25,26)18(27,28)19(29,30)20(31,32)21(33,34)22(35,36)23(37,38)42-16(40)12-11-15(39)41-13-49(43-46(2,3)4,44-47(5,6)7)45-48(8,9)10/h11-12,14H,13H2,1-10H3. The quantitative estimate of drug-likeness (QED) is 0.0595. The van der Waals surface area contributed by atoms with E-state index < -0.39 is 113 Å². The van der Waals surface area contributed by atoms with Crippen LogP contribution < -0.4 is 0 Å². The van der Waals surface area contributed by atoms with Crippen LogP contribution in [0.25, 0.3) is 0 Å². The van der Waals surface area contributed by atoms with Crippen molar-refractivity contribution >= 4 is 45.7 Å². The van der Waals surface area contributed by atoms with Crippen LogP contribution in [0, 0.1) is 0 Å². The van der Waals surface area contributed by atoms with Crippen LogP contribution in [0.15, 0.2) is 12.2 Å². The lowest BCUT2D eigenvalue weighted by Gasteiger charge is -2.42. The molecule has 0 aromatic heterocycles. The normalized spacial score (nSPS) is 16.2. The summed E-state index contributed by atoms with van der Waals surface area (Å²) in [5.41, 5.74) is 0. The van der Waals surface area contributed by atoms with Crippen molar-refractivity contribution in [3.05, 3.63) is 12.2 Å². The Bertz CT molecular complexity index is 1170. The van der Waals surface area contributed by atoms with Crippen LogP contribution in [0.1, 0.15) is 6.92 Å². The minimum atomic E-state index is -8.49. The summed E-state index contributed by atoms with van der Waals surface area (Å²) in [4.78, 5) is 23.9. The van der Waals surface area contributed by atoms with Gasteiger partial charge in [0.05, 0.1) is 0 Å². The number of alkyl halides is 15. The minimum Gasteiger partial charge on any atom is -0.458 e. The van der Waals surface area contributed by atoms with Crippen LogP contribution >= 0.6 is 0 Å². The van der Waals surface area contributed by atoms with E-state index in [1.807, 2.05) is 0 Å². The van der Waals surface area contributed by atoms with Crippen molar-refractivity contribution in [2.75, 3.05) is 6.23 Å². The fourth-order valence-electron chi connectivity index (χ4n) is 3.35. The fraction of sp³-hybridized carbons (Fsp3) is 0.826. The van der Waals surface area contributed by atoms with Crippen LogP contribution in [0.3, 0.4) is 0 Å². The monoisotopic (exact) mass is 820 g/mol. The second-order valence-electron chi connectivity index (χ2n) is 13.3. The van der Waals surface area contributed by atoms with Gasteiger partial charge in [-0.15, -0.1) is 0 Å². The Hall–Kier alpha value is -1.62. The molecule has 0 saturated heterocycles. The summed E-state index contributed by atoms with van der Waals surface area (Å²) in [7, 11) is -11.6. The van der Waals surface area contributed by atoms with Crippen molar-refractivity contribution in [2.24, 2.45) is 0 Å². The molecule has 290 valence electrons. The summed E-state index contributed by atoms with van der Waals surface area (Å²) in [5, 5.41) is 0. The molecule has 0 spiro atoms. The molecule has 0 rings (SSSR count). The third kappa shape index (κ3) is 10.7. The molecule has 7 nitrogen and oxygen atoms in total. The highest BCUT2D eigenvalue weighted by Crippen LogP contribution is 2.62. The summed E-state index contributed by atoms with van der Waals surface area (Å²) in [6.07, 6.45) is -13.1. The maximum atomic E-state index is 14.0. The van der Waals surface area contributed by atoms with Gasteiger partial charge in [-0.3, -0.25) is 0 Å². The molecule has 1 atom stereocenters. The van der Waals surface area contributed by atoms with Gasteiger partial charge in [-0.2, -0.15) is 61.5 Å². The highest BCUT2D eigenvalue weighted by Gasteiger charge is 2.94. The van der Waals surface area contributed by atoms with Crippen molar-refractivity contribution in [2.45, 2.75) is 114 Å². The first-order valence-electron chi connectivity index (χ1n) is 13.5. The van der Waals surface area contributed by atoms with E-state index in [-0.39, 0.29) is 6.08 Å². The molecule has 0 aromatic carbocycles. The third-order valence-electron chi connectivity index (χ3n) is 5.22. The first-order valence-corrected chi connectivity index (χ1v) is 25.7. The van der Waals surface area contributed by atoms with Crippen molar-refractivity contribution < 1.29 is 97.3 Å². The summed E-state index contributed by atoms with van der Waals surface area (Å²) in [5.74, 6) is -52.7. The summed E-state index contributed by atoms with van der Waals surface area (Å²) in [6, 6.07) is 0. The van der Waals surface area contributed by atoms with E-state index in [2.05, 4.69) is 4.74 Å². The lowest BCUT2D eigenvalue weighted by atomic mass is 9.90. The maximum Gasteiger partial charge on any atom is 0.509 e. The molecular formula is C23H35F15O7Si4. The average molecular weight is 821 g/mol. The van der Waals surface area contributed by atoms with Crippen LogP contribution in [0.5, 0.6) is 0 Å². The Morgan fingerprint density at radius 2 is 0.857 bits per heavy atom. The number of hydrogen-bond donors (Lipinski definition) is 0. The number of esters is 2. The Morgan fingerprint density at radius 1 is 0.551 bits per heavy atom. The molecule has 0 N–H and O–H groups in total. The smallest absolute Gasteiger partial charge is 0.458 e. The van der Waals surface area contributed by atoms with Gasteiger partial charge in [0.2, 0.25) is 0 Å². The van der Waals surface area contributed by atoms with Gasteiger partial charge in [0, 0.05) is 12.2 Å². The van der Waals surface area contributed by atoms with Gasteiger partial charge in [-0.1, -0.05) is 0 Å². The molecule has 0 aromatic rings. The number of hydrogen-bond acceptors (Lipinski definition) is 7. The summed E-state index contributed by atoms with van der Waals surface area (Å²) < 4.78 is 232. The Kier molecular flexibility index (Phi) is 13.9. The molecule has 0 aliphatic rings. The predicted molar refractivity (Wildman–Crippen MR) is 150 cm³/mol. The molecule has 0 radical (unpaired) electrons. The molecule has 0 bridgehead atoms. The molecule has 0 aliphatic carbocycles. The Labute approximate surface area is 275 Å². The van der Waals surface area contributed by atoms with Crippen molar-refractivity contribution in [1.82, 2.24) is 0 Å². The zero-order chi connectivity index (χ0) is 39.9. The van der Waals surface area contributed by atoms with Crippen LogP contribution in [0.4, 0.5) is 65.9 Å². The van der Waals surface area contributed by atoms with Gasteiger partial charge < -0.3 is 21.8 Å². The maximum absolute atomic E-state index is 14.0. The van der Waals surface area contributed by atoms with E-state index in [0.29, 0.717) is 0 Å². The number of carbonyl (C=O) groups is 2. The van der Waals surface area contributed by atoms with Gasteiger partial charge in [0.15, 0.2) is 37.4 Å². The zero-order valence-electron chi connectivity index (χ0n) is 27.5. The van der Waals surface area contributed by atoms with Crippen LogP contribution in [-0.4, -0.2) is 99.7 Å². The lowest BCUT2D eigenvalue weighted by Crippen LogP contribution is -2.74. The second-order valence-corrected chi connectivity index (χ2v) is 30.1. The highest BCUT2D eigenvalue weighted by molar-refractivity contribution is 6.90. The van der Waals surface area contributed by atoms with E-state index in [1.54, 1.807) is 58.9 Å². The number of carbonyl (C=O) groups excluding carboxylic acids is 2. The SMILES string of the molecule is CC(F)C(F)(F)C(F)(F)C(F)(F)C(F)(F)C(F)(F)C(F)(F)C(F)(F)OC(=O)C=CC(=O)OC[Si](O[Si](C)(C)C)(O[Si](C)(C)C)O[Si](C)(C)C. The van der Waals surface area contributed by atoms with Gasteiger partial charge in [0.1, 0.15) is 0 Å². The number of rotatable bonds is 18. The molecular weight excluding hydrogens is 786 g/mol. The molecule has 0 heterocycles. The lowest BCUT2D eigenvalue weighted by molar-refractivity contribution is -0.462. The molecule has 26 heteroatoms. The number of halogens is 15. The first-order chi connectivity index (χ1) is 21.1. The van der Waals surface area contributed by atoms with E-state index >= 15 is 0 Å². The predicted octanol–water partition coefficient (Wildman–Crippen LogP) is 8.42. The summed E-state index contributed by atoms with van der Waals surface area (Å²) >= 11 is 0. The van der Waals surface area contributed by atoms with Crippen molar-refractivity contribution in [1.29, 1.82) is 0 Å². The van der Waals surface area contributed by atoms with Crippen molar-refractivity contribution in [3.8, 4) is 0 Å². The second kappa shape index (κ2) is 14.4. The van der Waals surface area contributed by atoms with E-state index in [4.69, 9.17) is 17.1 Å². The van der Waals surface area contributed by atoms with E-state index in [9.17, 15) is 75.4 Å². The number of ether oxygens (including phenoxy) is 2. The Balaban J connectivity index is 6.30. The topological polar surface area (TPSA) is 80.3 Å². The van der Waals surface area contributed by atoms with Crippen LogP contribution in [-0.2, 0) is 31.4 Å².